The van der Waals surface area contributed by atoms with E-state index in [-0.39, 0.29) is 11.9 Å². The predicted octanol–water partition coefficient (Wildman–Crippen LogP) is 2.52. The van der Waals surface area contributed by atoms with Crippen LogP contribution in [0.2, 0.25) is 0 Å². The quantitative estimate of drug-likeness (QED) is 0.768. The molecule has 0 bridgehead atoms. The fourth-order valence-electron chi connectivity index (χ4n) is 3.56. The normalized spacial score (nSPS) is 18.1. The summed E-state index contributed by atoms with van der Waals surface area (Å²) in [6, 6.07) is 8.23. The molecule has 0 unspecified atom stereocenters. The Morgan fingerprint density at radius 2 is 1.37 bits per heavy atom. The number of benzene rings is 1. The van der Waals surface area contributed by atoms with Gasteiger partial charge in [0.2, 0.25) is 5.91 Å². The third kappa shape index (κ3) is 5.02. The number of nitrogens with zero attached hydrogens (tertiary/aromatic N) is 4. The van der Waals surface area contributed by atoms with Crippen LogP contribution >= 0.6 is 0 Å². The number of hydrogen-bond acceptors (Lipinski definition) is 3. The van der Waals surface area contributed by atoms with Gasteiger partial charge in [-0.1, -0.05) is 12.1 Å². The molecule has 27 heavy (non-hydrogen) atoms. The molecule has 6 nitrogen and oxygen atoms in total. The van der Waals surface area contributed by atoms with Gasteiger partial charge in [-0.15, -0.1) is 0 Å². The zero-order chi connectivity index (χ0) is 19.2. The van der Waals surface area contributed by atoms with Crippen LogP contribution in [0.5, 0.6) is 0 Å². The molecule has 0 aromatic heterocycles. The standard InChI is InChI=1S/C21H30N4O2/c1-22(2)19-9-6-18(7-10-19)8-11-20(26)23-14-16-25(17-15-23)21(27)24-12-4-3-5-13-24/h6-11H,3-5,12-17H2,1-2H3/b11-8+. The Balaban J connectivity index is 1.48. The SMILES string of the molecule is CN(C)c1ccc(/C=C/C(=O)N2CCN(C(=O)N3CCCCC3)CC2)cc1. The fraction of sp³-hybridized carbons (Fsp3) is 0.524. The van der Waals surface area contributed by atoms with Crippen LogP contribution in [-0.4, -0.2) is 80.0 Å². The van der Waals surface area contributed by atoms with Crippen molar-refractivity contribution in [2.75, 3.05) is 58.3 Å². The third-order valence-electron chi connectivity index (χ3n) is 5.32. The van der Waals surface area contributed by atoms with Gasteiger partial charge in [-0.3, -0.25) is 4.79 Å². The maximum atomic E-state index is 12.5. The Labute approximate surface area is 162 Å². The smallest absolute Gasteiger partial charge is 0.320 e. The molecule has 0 N–H and O–H groups in total. The van der Waals surface area contributed by atoms with Gasteiger partial charge in [-0.05, 0) is 43.0 Å². The molecule has 2 fully saturated rings. The van der Waals surface area contributed by atoms with E-state index in [2.05, 4.69) is 0 Å². The van der Waals surface area contributed by atoms with Crippen molar-refractivity contribution >= 4 is 23.7 Å². The topological polar surface area (TPSA) is 47.1 Å². The van der Waals surface area contributed by atoms with Gasteiger partial charge in [0.1, 0.15) is 0 Å². The molecule has 1 aromatic rings. The first-order valence-corrected chi connectivity index (χ1v) is 9.83. The van der Waals surface area contributed by atoms with Crippen LogP contribution in [0.3, 0.4) is 0 Å². The van der Waals surface area contributed by atoms with Gasteiger partial charge in [0.05, 0.1) is 0 Å². The molecule has 2 aliphatic heterocycles. The Morgan fingerprint density at radius 1 is 0.815 bits per heavy atom. The number of piperidine rings is 1. The Kier molecular flexibility index (Phi) is 6.37. The van der Waals surface area contributed by atoms with Gasteiger partial charge in [-0.25, -0.2) is 4.79 Å². The molecule has 3 amide bonds. The van der Waals surface area contributed by atoms with Crippen LogP contribution in [0, 0.1) is 0 Å². The van der Waals surface area contributed by atoms with Crippen LogP contribution in [0.25, 0.3) is 6.08 Å². The number of carbonyl (C=O) groups excluding carboxylic acids is 2. The minimum Gasteiger partial charge on any atom is -0.378 e. The van der Waals surface area contributed by atoms with Crippen molar-refractivity contribution in [3.8, 4) is 0 Å². The Bertz CT molecular complexity index is 670. The zero-order valence-electron chi connectivity index (χ0n) is 16.4. The summed E-state index contributed by atoms with van der Waals surface area (Å²) >= 11 is 0. The molecule has 3 rings (SSSR count). The Morgan fingerprint density at radius 3 is 1.96 bits per heavy atom. The highest BCUT2D eigenvalue weighted by Crippen LogP contribution is 2.15. The molecule has 146 valence electrons. The lowest BCUT2D eigenvalue weighted by molar-refractivity contribution is -0.127. The molecule has 2 saturated heterocycles. The highest BCUT2D eigenvalue weighted by atomic mass is 16.2. The number of anilines is 1. The summed E-state index contributed by atoms with van der Waals surface area (Å²) in [6.07, 6.45) is 6.91. The van der Waals surface area contributed by atoms with E-state index in [1.807, 2.05) is 64.0 Å². The van der Waals surface area contributed by atoms with Gasteiger partial charge in [-0.2, -0.15) is 0 Å². The number of likely N-dealkylation sites (tertiary alicyclic amines) is 1. The van der Waals surface area contributed by atoms with Gasteiger partial charge < -0.3 is 19.6 Å². The van der Waals surface area contributed by atoms with Gasteiger partial charge >= 0.3 is 6.03 Å². The molecule has 0 aliphatic carbocycles. The maximum Gasteiger partial charge on any atom is 0.320 e. The van der Waals surface area contributed by atoms with E-state index in [0.717, 1.165) is 37.2 Å². The molecule has 0 spiro atoms. The first-order chi connectivity index (χ1) is 13.0. The van der Waals surface area contributed by atoms with E-state index < -0.39 is 0 Å². The number of urea groups is 1. The number of carbonyl (C=O) groups is 2. The summed E-state index contributed by atoms with van der Waals surface area (Å²) in [4.78, 5) is 32.7. The van der Waals surface area contributed by atoms with Crippen molar-refractivity contribution < 1.29 is 9.59 Å². The summed E-state index contributed by atoms with van der Waals surface area (Å²) in [7, 11) is 4.01. The summed E-state index contributed by atoms with van der Waals surface area (Å²) in [5.41, 5.74) is 2.14. The van der Waals surface area contributed by atoms with Crippen LogP contribution in [0.15, 0.2) is 30.3 Å². The van der Waals surface area contributed by atoms with Crippen molar-refractivity contribution in [2.24, 2.45) is 0 Å². The molecule has 0 radical (unpaired) electrons. The summed E-state index contributed by atoms with van der Waals surface area (Å²) in [5, 5.41) is 0. The highest BCUT2D eigenvalue weighted by Gasteiger charge is 2.27. The van der Waals surface area contributed by atoms with Crippen molar-refractivity contribution in [2.45, 2.75) is 19.3 Å². The molecular weight excluding hydrogens is 340 g/mol. The average Bonchev–Trinajstić information content (AvgIpc) is 2.72. The van der Waals surface area contributed by atoms with E-state index in [9.17, 15) is 9.59 Å². The summed E-state index contributed by atoms with van der Waals surface area (Å²) in [6.45, 7) is 4.17. The lowest BCUT2D eigenvalue weighted by atomic mass is 10.1. The van der Waals surface area contributed by atoms with Crippen molar-refractivity contribution in [3.05, 3.63) is 35.9 Å². The highest BCUT2D eigenvalue weighted by molar-refractivity contribution is 5.92. The monoisotopic (exact) mass is 370 g/mol. The second-order valence-electron chi connectivity index (χ2n) is 7.46. The molecule has 2 aliphatic rings. The molecular formula is C21H30N4O2. The maximum absolute atomic E-state index is 12.5. The predicted molar refractivity (Wildman–Crippen MR) is 109 cm³/mol. The minimum absolute atomic E-state index is 0.0109. The first kappa shape index (κ1) is 19.3. The molecule has 0 saturated carbocycles. The summed E-state index contributed by atoms with van der Waals surface area (Å²) in [5.74, 6) is 0.0109. The minimum atomic E-state index is 0.0109. The van der Waals surface area contributed by atoms with Crippen molar-refractivity contribution in [1.82, 2.24) is 14.7 Å². The fourth-order valence-corrected chi connectivity index (χ4v) is 3.56. The van der Waals surface area contributed by atoms with E-state index in [1.54, 1.807) is 6.08 Å². The van der Waals surface area contributed by atoms with Crippen LogP contribution in [-0.2, 0) is 4.79 Å². The van der Waals surface area contributed by atoms with E-state index >= 15 is 0 Å². The third-order valence-corrected chi connectivity index (χ3v) is 5.32. The molecule has 0 atom stereocenters. The lowest BCUT2D eigenvalue weighted by Crippen LogP contribution is -2.54. The lowest BCUT2D eigenvalue weighted by Gasteiger charge is -2.38. The average molecular weight is 370 g/mol. The van der Waals surface area contributed by atoms with E-state index in [1.165, 1.54) is 6.42 Å². The number of piperazine rings is 1. The van der Waals surface area contributed by atoms with Gasteiger partial charge in [0, 0.05) is 65.1 Å². The van der Waals surface area contributed by atoms with Crippen LogP contribution in [0.4, 0.5) is 10.5 Å². The Hall–Kier alpha value is -2.50. The molecule has 6 heteroatoms. The van der Waals surface area contributed by atoms with Crippen LogP contribution < -0.4 is 4.90 Å². The largest absolute Gasteiger partial charge is 0.378 e. The number of hydrogen-bond donors (Lipinski definition) is 0. The number of rotatable bonds is 3. The zero-order valence-corrected chi connectivity index (χ0v) is 16.4. The van der Waals surface area contributed by atoms with Gasteiger partial charge in [0.25, 0.3) is 0 Å². The van der Waals surface area contributed by atoms with E-state index in [4.69, 9.17) is 0 Å². The second kappa shape index (κ2) is 8.93. The van der Waals surface area contributed by atoms with E-state index in [0.29, 0.717) is 26.2 Å². The second-order valence-corrected chi connectivity index (χ2v) is 7.46. The van der Waals surface area contributed by atoms with Crippen molar-refractivity contribution in [3.63, 3.8) is 0 Å². The molecule has 2 heterocycles. The first-order valence-electron chi connectivity index (χ1n) is 9.83. The van der Waals surface area contributed by atoms with Crippen LogP contribution in [0.1, 0.15) is 24.8 Å². The number of amides is 3. The van der Waals surface area contributed by atoms with Gasteiger partial charge in [0.15, 0.2) is 0 Å². The van der Waals surface area contributed by atoms with Crippen molar-refractivity contribution in [1.29, 1.82) is 0 Å². The molecule has 1 aromatic carbocycles. The summed E-state index contributed by atoms with van der Waals surface area (Å²) < 4.78 is 0.